The number of carboxylic acid groups (broad SMARTS) is 1. The van der Waals surface area contributed by atoms with Crippen molar-refractivity contribution >= 4 is 11.9 Å². The van der Waals surface area contributed by atoms with E-state index in [4.69, 9.17) is 15.9 Å². The highest BCUT2D eigenvalue weighted by atomic mass is 16.4. The number of terminal acetylenes is 1. The molecule has 0 aliphatic carbocycles. The summed E-state index contributed by atoms with van der Waals surface area (Å²) in [6.45, 7) is 1.69. The Labute approximate surface area is 92.4 Å². The molecule has 1 unspecified atom stereocenters. The van der Waals surface area contributed by atoms with Crippen LogP contribution in [-0.2, 0) is 4.79 Å². The van der Waals surface area contributed by atoms with Gasteiger partial charge in [-0.15, -0.1) is 12.3 Å². The first-order valence-electron chi connectivity index (χ1n) is 4.57. The maximum absolute atomic E-state index is 11.5. The zero-order valence-electron chi connectivity index (χ0n) is 8.69. The smallest absolute Gasteiger partial charge is 0.327 e. The second-order valence-electron chi connectivity index (χ2n) is 3.22. The molecule has 1 atom stereocenters. The number of carbonyl (C=O) groups is 2. The fourth-order valence-corrected chi connectivity index (χ4v) is 1.12. The number of hydrogen-bond donors (Lipinski definition) is 2. The number of amides is 1. The lowest BCUT2D eigenvalue weighted by Crippen LogP contribution is -2.40. The van der Waals surface area contributed by atoms with Crippen LogP contribution < -0.4 is 5.32 Å². The molecule has 1 rings (SSSR count). The van der Waals surface area contributed by atoms with Gasteiger partial charge in [-0.2, -0.15) is 0 Å². The van der Waals surface area contributed by atoms with Gasteiger partial charge in [0.15, 0.2) is 0 Å². The van der Waals surface area contributed by atoms with E-state index in [1.807, 2.05) is 0 Å². The molecular weight excluding hydrogens is 210 g/mol. The molecule has 0 aliphatic rings. The van der Waals surface area contributed by atoms with Crippen molar-refractivity contribution in [2.24, 2.45) is 0 Å². The third kappa shape index (κ3) is 2.89. The number of aryl methyl sites for hydroxylation is 1. The number of nitrogens with one attached hydrogen (secondary N) is 1. The molecule has 0 bridgehead atoms. The Balaban J connectivity index is 2.69. The average molecular weight is 221 g/mol. The Morgan fingerprint density at radius 2 is 2.38 bits per heavy atom. The summed E-state index contributed by atoms with van der Waals surface area (Å²) in [6, 6.07) is 0.442. The van der Waals surface area contributed by atoms with Gasteiger partial charge in [0.05, 0.1) is 5.56 Å². The molecule has 1 aromatic heterocycles. The normalized spacial score (nSPS) is 11.5. The van der Waals surface area contributed by atoms with Crippen molar-refractivity contribution in [1.29, 1.82) is 0 Å². The molecule has 0 aliphatic heterocycles. The van der Waals surface area contributed by atoms with Crippen molar-refractivity contribution in [3.8, 4) is 12.3 Å². The van der Waals surface area contributed by atoms with E-state index in [0.29, 0.717) is 5.76 Å². The summed E-state index contributed by atoms with van der Waals surface area (Å²) in [5.41, 5.74) is 0.278. The maximum Gasteiger partial charge on any atom is 0.327 e. The van der Waals surface area contributed by atoms with Gasteiger partial charge >= 0.3 is 5.97 Å². The number of carboxylic acids is 1. The SMILES string of the molecule is C#CCC(NC(=O)c1coc(C)c1)C(=O)O. The van der Waals surface area contributed by atoms with Crippen molar-refractivity contribution in [3.63, 3.8) is 0 Å². The van der Waals surface area contributed by atoms with E-state index in [1.165, 1.54) is 12.3 Å². The molecule has 2 N–H and O–H groups in total. The lowest BCUT2D eigenvalue weighted by atomic mass is 10.2. The predicted octanol–water partition coefficient (Wildman–Crippen LogP) is 0.794. The van der Waals surface area contributed by atoms with E-state index in [2.05, 4.69) is 11.2 Å². The topological polar surface area (TPSA) is 79.5 Å². The van der Waals surface area contributed by atoms with Crippen LogP contribution in [0.3, 0.4) is 0 Å². The third-order valence-corrected chi connectivity index (χ3v) is 1.92. The molecule has 0 aromatic carbocycles. The Morgan fingerprint density at radius 3 is 2.81 bits per heavy atom. The molecule has 0 spiro atoms. The number of carbonyl (C=O) groups excluding carboxylic acids is 1. The molecule has 1 amide bonds. The van der Waals surface area contributed by atoms with E-state index in [9.17, 15) is 9.59 Å². The minimum absolute atomic E-state index is 0.0576. The molecule has 0 saturated heterocycles. The fourth-order valence-electron chi connectivity index (χ4n) is 1.12. The Morgan fingerprint density at radius 1 is 1.69 bits per heavy atom. The van der Waals surface area contributed by atoms with Gasteiger partial charge in [0, 0.05) is 6.42 Å². The largest absolute Gasteiger partial charge is 0.480 e. The van der Waals surface area contributed by atoms with Crippen molar-refractivity contribution in [3.05, 3.63) is 23.7 Å². The van der Waals surface area contributed by atoms with Crippen molar-refractivity contribution in [2.75, 3.05) is 0 Å². The number of furan rings is 1. The van der Waals surface area contributed by atoms with Crippen LogP contribution in [-0.4, -0.2) is 23.0 Å². The molecular formula is C11H11NO4. The summed E-state index contributed by atoms with van der Waals surface area (Å²) < 4.78 is 4.94. The average Bonchev–Trinajstić information content (AvgIpc) is 2.64. The maximum atomic E-state index is 11.5. The van der Waals surface area contributed by atoms with Crippen LogP contribution in [0.15, 0.2) is 16.7 Å². The standard InChI is InChI=1S/C11H11NO4/c1-3-4-9(11(14)15)12-10(13)8-5-7(2)16-6-8/h1,5-6,9H,4H2,2H3,(H,12,13)(H,14,15). The van der Waals surface area contributed by atoms with Crippen LogP contribution >= 0.6 is 0 Å². The molecule has 0 saturated carbocycles. The summed E-state index contributed by atoms with van der Waals surface area (Å²) in [7, 11) is 0. The van der Waals surface area contributed by atoms with Gasteiger partial charge in [-0.05, 0) is 13.0 Å². The van der Waals surface area contributed by atoms with Gasteiger partial charge in [-0.1, -0.05) is 0 Å². The summed E-state index contributed by atoms with van der Waals surface area (Å²) in [6.07, 6.45) is 6.21. The fraction of sp³-hybridized carbons (Fsp3) is 0.273. The molecule has 0 fully saturated rings. The van der Waals surface area contributed by atoms with Crippen LogP contribution in [0.1, 0.15) is 22.5 Å². The van der Waals surface area contributed by atoms with Gasteiger partial charge in [-0.3, -0.25) is 4.79 Å². The second kappa shape index (κ2) is 5.03. The highest BCUT2D eigenvalue weighted by Gasteiger charge is 2.20. The first-order chi connectivity index (χ1) is 7.54. The lowest BCUT2D eigenvalue weighted by molar-refractivity contribution is -0.139. The number of hydrogen-bond acceptors (Lipinski definition) is 3. The van der Waals surface area contributed by atoms with Crippen LogP contribution in [0.5, 0.6) is 0 Å². The molecule has 1 aromatic rings. The van der Waals surface area contributed by atoms with Crippen LogP contribution in [0.2, 0.25) is 0 Å². The zero-order valence-corrected chi connectivity index (χ0v) is 8.69. The zero-order chi connectivity index (χ0) is 12.1. The molecule has 84 valence electrons. The van der Waals surface area contributed by atoms with E-state index in [-0.39, 0.29) is 12.0 Å². The van der Waals surface area contributed by atoms with E-state index >= 15 is 0 Å². The first kappa shape index (κ1) is 11.9. The molecule has 1 heterocycles. The Kier molecular flexibility index (Phi) is 3.72. The van der Waals surface area contributed by atoms with Crippen molar-refractivity contribution in [1.82, 2.24) is 5.32 Å². The number of rotatable bonds is 4. The minimum atomic E-state index is -1.16. The van der Waals surface area contributed by atoms with E-state index < -0.39 is 17.9 Å². The van der Waals surface area contributed by atoms with Crippen molar-refractivity contribution < 1.29 is 19.1 Å². The van der Waals surface area contributed by atoms with Crippen LogP contribution in [0.25, 0.3) is 0 Å². The minimum Gasteiger partial charge on any atom is -0.480 e. The molecule has 16 heavy (non-hydrogen) atoms. The highest BCUT2D eigenvalue weighted by molar-refractivity contribution is 5.96. The summed E-state index contributed by atoms with van der Waals surface area (Å²) in [5, 5.41) is 11.1. The van der Waals surface area contributed by atoms with E-state index in [1.54, 1.807) is 6.92 Å². The summed E-state index contributed by atoms with van der Waals surface area (Å²) >= 11 is 0. The quantitative estimate of drug-likeness (QED) is 0.737. The van der Waals surface area contributed by atoms with Gasteiger partial charge in [0.2, 0.25) is 0 Å². The van der Waals surface area contributed by atoms with E-state index in [0.717, 1.165) is 0 Å². The summed E-state index contributed by atoms with van der Waals surface area (Å²) in [4.78, 5) is 22.3. The molecule has 5 nitrogen and oxygen atoms in total. The predicted molar refractivity (Wildman–Crippen MR) is 55.8 cm³/mol. The van der Waals surface area contributed by atoms with Gasteiger partial charge in [-0.25, -0.2) is 4.79 Å². The Hall–Kier alpha value is -2.22. The monoisotopic (exact) mass is 221 g/mol. The molecule has 5 heteroatoms. The van der Waals surface area contributed by atoms with Gasteiger partial charge < -0.3 is 14.8 Å². The highest BCUT2D eigenvalue weighted by Crippen LogP contribution is 2.06. The number of aliphatic carboxylic acids is 1. The second-order valence-corrected chi connectivity index (χ2v) is 3.22. The van der Waals surface area contributed by atoms with Gasteiger partial charge in [0.1, 0.15) is 18.1 Å². The molecule has 0 radical (unpaired) electrons. The first-order valence-corrected chi connectivity index (χ1v) is 4.57. The van der Waals surface area contributed by atoms with Crippen molar-refractivity contribution in [2.45, 2.75) is 19.4 Å². The van der Waals surface area contributed by atoms with Crippen LogP contribution in [0.4, 0.5) is 0 Å². The third-order valence-electron chi connectivity index (χ3n) is 1.92. The lowest BCUT2D eigenvalue weighted by Gasteiger charge is -2.10. The summed E-state index contributed by atoms with van der Waals surface area (Å²) in [5.74, 6) is 1.09. The van der Waals surface area contributed by atoms with Gasteiger partial charge in [0.25, 0.3) is 5.91 Å². The Bertz CT molecular complexity index is 441. The van der Waals surface area contributed by atoms with Crippen LogP contribution in [0, 0.1) is 19.3 Å².